The first-order chi connectivity index (χ1) is 7.54. The van der Waals surface area contributed by atoms with Gasteiger partial charge in [-0.05, 0) is 19.8 Å². The molecule has 0 aromatic carbocycles. The molecule has 0 spiro atoms. The maximum atomic E-state index is 11.8. The quantitative estimate of drug-likeness (QED) is 0.666. The Bertz CT molecular complexity index is 266. The smallest absolute Gasteiger partial charge is 0.236 e. The normalized spacial score (nSPS) is 15.2. The van der Waals surface area contributed by atoms with Crippen molar-refractivity contribution >= 4 is 23.1 Å². The summed E-state index contributed by atoms with van der Waals surface area (Å²) in [5.74, 6) is 0.178. The summed E-state index contributed by atoms with van der Waals surface area (Å²) in [6, 6.07) is 0.573. The summed E-state index contributed by atoms with van der Waals surface area (Å²) in [6.07, 6.45) is 3.09. The van der Waals surface area contributed by atoms with Crippen LogP contribution >= 0.6 is 12.2 Å². The van der Waals surface area contributed by atoms with Gasteiger partial charge in [-0.2, -0.15) is 0 Å². The second-order valence-corrected chi connectivity index (χ2v) is 4.85. The molecule has 4 nitrogen and oxygen atoms in total. The molecule has 0 atom stereocenters. The van der Waals surface area contributed by atoms with E-state index >= 15 is 0 Å². The number of rotatable bonds is 7. The van der Waals surface area contributed by atoms with Gasteiger partial charge in [-0.25, -0.2) is 0 Å². The Morgan fingerprint density at radius 1 is 1.50 bits per heavy atom. The van der Waals surface area contributed by atoms with Gasteiger partial charge in [0.15, 0.2) is 0 Å². The number of hydrogen-bond donors (Lipinski definition) is 1. The monoisotopic (exact) mass is 243 g/mol. The zero-order chi connectivity index (χ0) is 12.1. The molecule has 2 N–H and O–H groups in total. The fourth-order valence-electron chi connectivity index (χ4n) is 1.56. The lowest BCUT2D eigenvalue weighted by Crippen LogP contribution is -2.40. The van der Waals surface area contributed by atoms with Gasteiger partial charge >= 0.3 is 0 Å². The lowest BCUT2D eigenvalue weighted by Gasteiger charge is -2.24. The topological polar surface area (TPSA) is 49.6 Å². The Labute approximate surface area is 103 Å². The Morgan fingerprint density at radius 3 is 2.56 bits per heavy atom. The minimum absolute atomic E-state index is 0.178. The first-order valence-corrected chi connectivity index (χ1v) is 6.21. The first-order valence-electron chi connectivity index (χ1n) is 5.81. The molecular weight excluding hydrogens is 222 g/mol. The lowest BCUT2D eigenvalue weighted by atomic mass is 10.3. The molecule has 1 amide bonds. The van der Waals surface area contributed by atoms with Crippen molar-refractivity contribution in [2.45, 2.75) is 32.2 Å². The second kappa shape index (κ2) is 6.15. The summed E-state index contributed by atoms with van der Waals surface area (Å²) in [4.78, 5) is 16.3. The molecule has 0 saturated heterocycles. The van der Waals surface area contributed by atoms with Gasteiger partial charge in [0.05, 0.1) is 11.5 Å². The molecule has 0 aromatic heterocycles. The third-order valence-corrected chi connectivity index (χ3v) is 3.15. The van der Waals surface area contributed by atoms with Crippen molar-refractivity contribution in [2.24, 2.45) is 5.73 Å². The average Bonchev–Trinajstić information content (AvgIpc) is 3.06. The van der Waals surface area contributed by atoms with Gasteiger partial charge in [-0.3, -0.25) is 9.69 Å². The van der Waals surface area contributed by atoms with E-state index in [1.54, 1.807) is 4.90 Å². The van der Waals surface area contributed by atoms with E-state index in [4.69, 9.17) is 18.0 Å². The van der Waals surface area contributed by atoms with E-state index in [0.717, 1.165) is 13.1 Å². The third kappa shape index (κ3) is 4.45. The molecule has 16 heavy (non-hydrogen) atoms. The summed E-state index contributed by atoms with van der Waals surface area (Å²) >= 11 is 4.86. The molecule has 0 aliphatic heterocycles. The van der Waals surface area contributed by atoms with Crippen LogP contribution in [0.5, 0.6) is 0 Å². The van der Waals surface area contributed by atoms with Crippen LogP contribution in [-0.2, 0) is 4.79 Å². The highest BCUT2D eigenvalue weighted by Gasteiger charge is 2.30. The molecule has 0 bridgehead atoms. The number of carbonyl (C=O) groups excluding carboxylic acids is 1. The third-order valence-electron chi connectivity index (χ3n) is 2.95. The summed E-state index contributed by atoms with van der Waals surface area (Å²) in [5, 5.41) is 0. The number of carbonyl (C=O) groups is 1. The number of nitrogens with zero attached hydrogens (tertiary/aromatic N) is 2. The molecule has 1 aliphatic rings. The number of thiocarbonyl (C=S) groups is 1. The highest BCUT2D eigenvalue weighted by molar-refractivity contribution is 7.80. The fraction of sp³-hybridized carbons (Fsp3) is 0.818. The highest BCUT2D eigenvalue weighted by atomic mass is 32.1. The van der Waals surface area contributed by atoms with Gasteiger partial charge in [0.1, 0.15) is 0 Å². The molecule has 1 fully saturated rings. The predicted molar refractivity (Wildman–Crippen MR) is 69.3 cm³/mol. The minimum Gasteiger partial charge on any atom is -0.393 e. The van der Waals surface area contributed by atoms with Gasteiger partial charge in [0, 0.05) is 32.6 Å². The van der Waals surface area contributed by atoms with Crippen molar-refractivity contribution in [1.82, 2.24) is 9.80 Å². The summed E-state index contributed by atoms with van der Waals surface area (Å²) in [5.41, 5.74) is 5.49. The lowest BCUT2D eigenvalue weighted by molar-refractivity contribution is -0.131. The van der Waals surface area contributed by atoms with Crippen LogP contribution in [0.15, 0.2) is 0 Å². The molecule has 1 aliphatic carbocycles. The molecule has 1 saturated carbocycles. The minimum atomic E-state index is 0.178. The number of hydrogen-bond acceptors (Lipinski definition) is 3. The van der Waals surface area contributed by atoms with E-state index in [2.05, 4.69) is 4.90 Å². The van der Waals surface area contributed by atoms with Crippen LogP contribution in [0.3, 0.4) is 0 Å². The molecule has 0 aromatic rings. The molecule has 92 valence electrons. The Morgan fingerprint density at radius 2 is 2.12 bits per heavy atom. The highest BCUT2D eigenvalue weighted by Crippen LogP contribution is 2.26. The van der Waals surface area contributed by atoms with Gasteiger partial charge in [-0.15, -0.1) is 0 Å². The Hall–Kier alpha value is -0.680. The molecular formula is C11H21N3OS. The molecule has 0 radical (unpaired) electrons. The SMILES string of the molecule is CCN(C)C(=O)CN(CCC(N)=S)C1CC1. The summed E-state index contributed by atoms with van der Waals surface area (Å²) in [6.45, 7) is 4.04. The Kier molecular flexibility index (Phi) is 5.15. The number of nitrogens with two attached hydrogens (primary N) is 1. The number of amides is 1. The maximum Gasteiger partial charge on any atom is 0.236 e. The molecule has 5 heteroatoms. The second-order valence-electron chi connectivity index (χ2n) is 4.33. The van der Waals surface area contributed by atoms with Crippen LogP contribution < -0.4 is 5.73 Å². The summed E-state index contributed by atoms with van der Waals surface area (Å²) < 4.78 is 0. The fourth-order valence-corrected chi connectivity index (χ4v) is 1.65. The molecule has 0 unspecified atom stereocenters. The largest absolute Gasteiger partial charge is 0.393 e. The average molecular weight is 243 g/mol. The van der Waals surface area contributed by atoms with Gasteiger partial charge in [0.25, 0.3) is 0 Å². The van der Waals surface area contributed by atoms with Crippen molar-refractivity contribution in [1.29, 1.82) is 0 Å². The van der Waals surface area contributed by atoms with E-state index in [9.17, 15) is 4.79 Å². The maximum absolute atomic E-state index is 11.8. The molecule has 1 rings (SSSR count). The van der Waals surface area contributed by atoms with Gasteiger partial charge in [-0.1, -0.05) is 12.2 Å². The van der Waals surface area contributed by atoms with Crippen molar-refractivity contribution in [3.8, 4) is 0 Å². The van der Waals surface area contributed by atoms with E-state index in [1.807, 2.05) is 14.0 Å². The van der Waals surface area contributed by atoms with Crippen molar-refractivity contribution < 1.29 is 4.79 Å². The zero-order valence-corrected chi connectivity index (χ0v) is 10.9. The molecule has 0 heterocycles. The van der Waals surface area contributed by atoms with E-state index in [1.165, 1.54) is 12.8 Å². The van der Waals surface area contributed by atoms with Crippen LogP contribution in [0.4, 0.5) is 0 Å². The van der Waals surface area contributed by atoms with Crippen molar-refractivity contribution in [3.63, 3.8) is 0 Å². The van der Waals surface area contributed by atoms with Crippen molar-refractivity contribution in [3.05, 3.63) is 0 Å². The first kappa shape index (κ1) is 13.4. The predicted octanol–water partition coefficient (Wildman–Crippen LogP) is 0.605. The van der Waals surface area contributed by atoms with Gasteiger partial charge < -0.3 is 10.6 Å². The van der Waals surface area contributed by atoms with Crippen LogP contribution in [0.1, 0.15) is 26.2 Å². The van der Waals surface area contributed by atoms with Crippen LogP contribution in [0.2, 0.25) is 0 Å². The van der Waals surface area contributed by atoms with Crippen LogP contribution in [0, 0.1) is 0 Å². The van der Waals surface area contributed by atoms with Crippen molar-refractivity contribution in [2.75, 3.05) is 26.7 Å². The van der Waals surface area contributed by atoms with Crippen LogP contribution in [-0.4, -0.2) is 53.4 Å². The Balaban J connectivity index is 2.38. The van der Waals surface area contributed by atoms with Crippen LogP contribution in [0.25, 0.3) is 0 Å². The summed E-state index contributed by atoms with van der Waals surface area (Å²) in [7, 11) is 1.83. The standard InChI is InChI=1S/C11H21N3OS/c1-3-13(2)11(15)8-14(9-4-5-9)7-6-10(12)16/h9H,3-8H2,1-2H3,(H2,12,16). The van der Waals surface area contributed by atoms with E-state index < -0.39 is 0 Å². The van der Waals surface area contributed by atoms with E-state index in [-0.39, 0.29) is 5.91 Å². The van der Waals surface area contributed by atoms with E-state index in [0.29, 0.717) is 24.0 Å². The number of likely N-dealkylation sites (N-methyl/N-ethyl adjacent to an activating group) is 1. The van der Waals surface area contributed by atoms with Gasteiger partial charge in [0.2, 0.25) is 5.91 Å². The zero-order valence-electron chi connectivity index (χ0n) is 10.1.